The van der Waals surface area contributed by atoms with E-state index < -0.39 is 6.04 Å². The minimum absolute atomic E-state index is 0.0399. The second kappa shape index (κ2) is 13.0. The average molecular weight is 578 g/mol. The minimum atomic E-state index is -0.744. The Hall–Kier alpha value is -2.24. The number of benzene rings is 3. The Bertz CT molecular complexity index is 1230. The Balaban J connectivity index is 1.70. The molecule has 8 heteroatoms. The first kappa shape index (κ1) is 27.8. The molecule has 1 atom stereocenters. The second-order valence-corrected chi connectivity index (χ2v) is 11.0. The molecule has 0 aliphatic heterocycles. The molecule has 3 aromatic rings. The van der Waals surface area contributed by atoms with Crippen LogP contribution in [0.25, 0.3) is 0 Å². The molecule has 0 bridgehead atoms. The van der Waals surface area contributed by atoms with Crippen LogP contribution in [0.5, 0.6) is 0 Å². The van der Waals surface area contributed by atoms with Gasteiger partial charge in [-0.1, -0.05) is 102 Å². The van der Waals surface area contributed by atoms with Gasteiger partial charge in [0.15, 0.2) is 0 Å². The molecule has 3 aromatic carbocycles. The van der Waals surface area contributed by atoms with Crippen molar-refractivity contribution in [1.82, 2.24) is 10.2 Å². The number of hydrogen-bond donors (Lipinski definition) is 1. The maximum absolute atomic E-state index is 13.9. The van der Waals surface area contributed by atoms with Crippen LogP contribution in [0.3, 0.4) is 0 Å². The van der Waals surface area contributed by atoms with Gasteiger partial charge in [0.2, 0.25) is 11.8 Å². The molecule has 0 aromatic heterocycles. The molecule has 0 unspecified atom stereocenters. The summed E-state index contributed by atoms with van der Waals surface area (Å²) < 4.78 is 0. The maximum Gasteiger partial charge on any atom is 0.243 e. The highest BCUT2D eigenvalue weighted by Gasteiger charge is 2.32. The number of amides is 2. The molecule has 1 N–H and O–H groups in total. The predicted octanol–water partition coefficient (Wildman–Crippen LogP) is 7.54. The van der Waals surface area contributed by atoms with Gasteiger partial charge in [-0.3, -0.25) is 9.59 Å². The Morgan fingerprint density at radius 2 is 1.49 bits per heavy atom. The van der Waals surface area contributed by atoms with Crippen LogP contribution >= 0.6 is 46.4 Å². The van der Waals surface area contributed by atoms with E-state index >= 15 is 0 Å². The molecule has 37 heavy (non-hydrogen) atoms. The molecule has 1 fully saturated rings. The van der Waals surface area contributed by atoms with E-state index in [1.165, 1.54) is 0 Å². The van der Waals surface area contributed by atoms with E-state index in [-0.39, 0.29) is 30.8 Å². The fourth-order valence-electron chi connectivity index (χ4n) is 4.71. The smallest absolute Gasteiger partial charge is 0.243 e. The van der Waals surface area contributed by atoms with Gasteiger partial charge >= 0.3 is 0 Å². The van der Waals surface area contributed by atoms with Crippen molar-refractivity contribution in [2.24, 2.45) is 0 Å². The van der Waals surface area contributed by atoms with Crippen LogP contribution in [0.15, 0.2) is 66.7 Å². The molecule has 1 aliphatic rings. The molecular weight excluding hydrogens is 550 g/mol. The number of halogens is 4. The summed E-state index contributed by atoms with van der Waals surface area (Å²) in [6.07, 6.45) is 4.39. The number of rotatable bonds is 9. The van der Waals surface area contributed by atoms with E-state index in [0.717, 1.165) is 36.8 Å². The fraction of sp³-hybridized carbons (Fsp3) is 0.310. The molecule has 4 rings (SSSR count). The van der Waals surface area contributed by atoms with E-state index in [4.69, 9.17) is 46.4 Å². The molecule has 0 heterocycles. The molecule has 0 radical (unpaired) electrons. The summed E-state index contributed by atoms with van der Waals surface area (Å²) in [6.45, 7) is 0.174. The first-order chi connectivity index (χ1) is 17.8. The van der Waals surface area contributed by atoms with Gasteiger partial charge in [0.1, 0.15) is 6.04 Å². The summed E-state index contributed by atoms with van der Waals surface area (Å²) in [7, 11) is 0. The zero-order valence-electron chi connectivity index (χ0n) is 20.2. The molecule has 0 saturated heterocycles. The SMILES string of the molecule is O=C(NC1CCCC1)[C@@H](Cc1ccccc1)N(Cc1ccc(Cl)c(Cl)c1)C(=O)Cc1c(Cl)cccc1Cl. The quantitative estimate of drug-likeness (QED) is 0.285. The van der Waals surface area contributed by atoms with Crippen LogP contribution < -0.4 is 5.32 Å². The van der Waals surface area contributed by atoms with Crippen LogP contribution in [-0.2, 0) is 29.0 Å². The van der Waals surface area contributed by atoms with Crippen LogP contribution in [0.2, 0.25) is 20.1 Å². The maximum atomic E-state index is 13.9. The third kappa shape index (κ3) is 7.42. The van der Waals surface area contributed by atoms with Gasteiger partial charge in [0, 0.05) is 29.1 Å². The topological polar surface area (TPSA) is 49.4 Å². The third-order valence-corrected chi connectivity index (χ3v) is 8.15. The Labute approximate surface area is 237 Å². The van der Waals surface area contributed by atoms with Crippen molar-refractivity contribution < 1.29 is 9.59 Å². The fourth-order valence-corrected chi connectivity index (χ4v) is 5.56. The van der Waals surface area contributed by atoms with Gasteiger partial charge in [-0.05, 0) is 53.8 Å². The average Bonchev–Trinajstić information content (AvgIpc) is 3.39. The van der Waals surface area contributed by atoms with Crippen molar-refractivity contribution in [2.45, 2.75) is 57.2 Å². The Morgan fingerprint density at radius 3 is 2.14 bits per heavy atom. The molecule has 0 spiro atoms. The van der Waals surface area contributed by atoms with Gasteiger partial charge in [-0.25, -0.2) is 0 Å². The van der Waals surface area contributed by atoms with Gasteiger partial charge in [-0.15, -0.1) is 0 Å². The standard InChI is InChI=1S/C29H28Cl4N2O2/c30-23-11-6-12-24(31)22(23)17-28(36)35(18-20-13-14-25(32)26(33)15-20)27(16-19-7-2-1-3-8-19)29(37)34-21-9-4-5-10-21/h1-3,6-8,11-15,21,27H,4-5,9-10,16-18H2,(H,34,37)/t27-/m1/s1. The van der Waals surface area contributed by atoms with E-state index in [1.54, 1.807) is 35.2 Å². The van der Waals surface area contributed by atoms with Gasteiger partial charge in [0.25, 0.3) is 0 Å². The molecule has 1 saturated carbocycles. The molecule has 194 valence electrons. The number of carbonyl (C=O) groups is 2. The first-order valence-electron chi connectivity index (χ1n) is 12.3. The van der Waals surface area contributed by atoms with Crippen molar-refractivity contribution >= 4 is 58.2 Å². The van der Waals surface area contributed by atoms with Crippen LogP contribution in [0.4, 0.5) is 0 Å². The number of hydrogen-bond acceptors (Lipinski definition) is 2. The van der Waals surface area contributed by atoms with E-state index in [2.05, 4.69) is 5.32 Å². The lowest BCUT2D eigenvalue weighted by molar-refractivity contribution is -0.141. The highest BCUT2D eigenvalue weighted by molar-refractivity contribution is 6.42. The van der Waals surface area contributed by atoms with E-state index in [0.29, 0.717) is 32.1 Å². The zero-order chi connectivity index (χ0) is 26.4. The lowest BCUT2D eigenvalue weighted by atomic mass is 10.0. The first-order valence-corrected chi connectivity index (χ1v) is 13.8. The van der Waals surface area contributed by atoms with E-state index in [9.17, 15) is 9.59 Å². The zero-order valence-corrected chi connectivity index (χ0v) is 23.3. The number of nitrogens with one attached hydrogen (secondary N) is 1. The number of nitrogens with zero attached hydrogens (tertiary/aromatic N) is 1. The van der Waals surface area contributed by atoms with Gasteiger partial charge in [-0.2, -0.15) is 0 Å². The van der Waals surface area contributed by atoms with Gasteiger partial charge in [0.05, 0.1) is 16.5 Å². The third-order valence-electron chi connectivity index (χ3n) is 6.70. The summed E-state index contributed by atoms with van der Waals surface area (Å²) in [5.74, 6) is -0.432. The van der Waals surface area contributed by atoms with Crippen LogP contribution in [0, 0.1) is 0 Å². The lowest BCUT2D eigenvalue weighted by Crippen LogP contribution is -2.52. The Kier molecular flexibility index (Phi) is 9.77. The highest BCUT2D eigenvalue weighted by atomic mass is 35.5. The molecular formula is C29H28Cl4N2O2. The summed E-state index contributed by atoms with van der Waals surface area (Å²) in [5.41, 5.74) is 2.25. The van der Waals surface area contributed by atoms with Crippen molar-refractivity contribution in [1.29, 1.82) is 0 Å². The highest BCUT2D eigenvalue weighted by Crippen LogP contribution is 2.28. The summed E-state index contributed by atoms with van der Waals surface area (Å²) in [5, 5.41) is 4.82. The number of carbonyl (C=O) groups excluding carboxylic acids is 2. The summed E-state index contributed by atoms with van der Waals surface area (Å²) in [6, 6.07) is 19.4. The molecule has 1 aliphatic carbocycles. The second-order valence-electron chi connectivity index (χ2n) is 9.34. The normalized spacial score (nSPS) is 14.4. The summed E-state index contributed by atoms with van der Waals surface area (Å²) in [4.78, 5) is 29.3. The van der Waals surface area contributed by atoms with Crippen molar-refractivity contribution in [3.63, 3.8) is 0 Å². The monoisotopic (exact) mass is 576 g/mol. The van der Waals surface area contributed by atoms with Crippen molar-refractivity contribution in [3.05, 3.63) is 104 Å². The van der Waals surface area contributed by atoms with Crippen LogP contribution in [0.1, 0.15) is 42.4 Å². The predicted molar refractivity (Wildman–Crippen MR) is 152 cm³/mol. The molecule has 4 nitrogen and oxygen atoms in total. The molecule has 2 amide bonds. The largest absolute Gasteiger partial charge is 0.352 e. The summed E-state index contributed by atoms with van der Waals surface area (Å²) >= 11 is 25.2. The Morgan fingerprint density at radius 1 is 0.811 bits per heavy atom. The lowest BCUT2D eigenvalue weighted by Gasteiger charge is -2.32. The minimum Gasteiger partial charge on any atom is -0.352 e. The van der Waals surface area contributed by atoms with E-state index in [1.807, 2.05) is 36.4 Å². The van der Waals surface area contributed by atoms with Crippen LogP contribution in [-0.4, -0.2) is 28.8 Å². The van der Waals surface area contributed by atoms with Gasteiger partial charge < -0.3 is 10.2 Å². The van der Waals surface area contributed by atoms with Crippen molar-refractivity contribution in [2.75, 3.05) is 0 Å². The van der Waals surface area contributed by atoms with Crippen molar-refractivity contribution in [3.8, 4) is 0 Å².